The molecule has 1 aliphatic rings. The highest BCUT2D eigenvalue weighted by Crippen LogP contribution is 2.24. The fraction of sp³-hybridized carbons (Fsp3) is 0.381. The van der Waals surface area contributed by atoms with E-state index in [4.69, 9.17) is 4.98 Å². The molecule has 0 saturated carbocycles. The molecular weight excluding hydrogens is 340 g/mol. The van der Waals surface area contributed by atoms with Crippen LogP contribution in [-0.2, 0) is 13.1 Å². The molecule has 0 spiro atoms. The van der Waals surface area contributed by atoms with E-state index < -0.39 is 6.10 Å². The van der Waals surface area contributed by atoms with Crippen LogP contribution in [0.1, 0.15) is 5.56 Å². The van der Waals surface area contributed by atoms with Crippen LogP contribution in [0, 0.1) is 0 Å². The third-order valence-corrected chi connectivity index (χ3v) is 5.08. The summed E-state index contributed by atoms with van der Waals surface area (Å²) >= 11 is 0. The van der Waals surface area contributed by atoms with Crippen molar-refractivity contribution in [1.82, 2.24) is 14.5 Å². The predicted molar refractivity (Wildman–Crippen MR) is 107 cm³/mol. The number of imidazole rings is 1. The quantitative estimate of drug-likeness (QED) is 0.720. The number of hydrogen-bond donors (Lipinski definition) is 2. The average Bonchev–Trinajstić information content (AvgIpc) is 2.94. The number of rotatable bonds is 5. The van der Waals surface area contributed by atoms with Crippen molar-refractivity contribution in [3.63, 3.8) is 0 Å². The summed E-state index contributed by atoms with van der Waals surface area (Å²) in [6, 6.07) is 18.3. The second-order valence-electron chi connectivity index (χ2n) is 7.10. The number of nitrogens with zero attached hydrogens (tertiary/aromatic N) is 4. The highest BCUT2D eigenvalue weighted by atomic mass is 16.3. The summed E-state index contributed by atoms with van der Waals surface area (Å²) in [6.07, 6.45) is -0.446. The molecule has 2 N–H and O–H groups in total. The highest BCUT2D eigenvalue weighted by Gasteiger charge is 2.25. The van der Waals surface area contributed by atoms with Crippen LogP contribution < -0.4 is 4.90 Å². The Balaban J connectivity index is 1.56. The van der Waals surface area contributed by atoms with Crippen molar-refractivity contribution in [2.24, 2.45) is 0 Å². The number of β-amino-alcohol motifs (C(OH)–C–C–N with tert-alkyl or cyclic N) is 1. The Morgan fingerprint density at radius 1 is 0.963 bits per heavy atom. The SMILES string of the molecule is OCCn1c(N2CCN(Cc3ccccc3)C[C@H](O)C2)nc2ccccc21. The molecule has 0 amide bonds. The van der Waals surface area contributed by atoms with E-state index in [2.05, 4.69) is 26.5 Å². The molecule has 142 valence electrons. The van der Waals surface area contributed by atoms with Gasteiger partial charge in [0.05, 0.1) is 23.7 Å². The van der Waals surface area contributed by atoms with Crippen LogP contribution in [0.5, 0.6) is 0 Å². The first kappa shape index (κ1) is 18.0. The zero-order valence-electron chi connectivity index (χ0n) is 15.4. The second-order valence-corrected chi connectivity index (χ2v) is 7.10. The highest BCUT2D eigenvalue weighted by molar-refractivity contribution is 5.78. The Kier molecular flexibility index (Phi) is 5.38. The summed E-state index contributed by atoms with van der Waals surface area (Å²) < 4.78 is 2.05. The Morgan fingerprint density at radius 2 is 1.74 bits per heavy atom. The van der Waals surface area contributed by atoms with Gasteiger partial charge >= 0.3 is 0 Å². The van der Waals surface area contributed by atoms with E-state index in [1.807, 2.05) is 42.5 Å². The number of aliphatic hydroxyl groups excluding tert-OH is 2. The summed E-state index contributed by atoms with van der Waals surface area (Å²) in [7, 11) is 0. The first-order valence-corrected chi connectivity index (χ1v) is 9.50. The Labute approximate surface area is 159 Å². The van der Waals surface area contributed by atoms with E-state index in [1.165, 1.54) is 5.56 Å². The predicted octanol–water partition coefficient (Wildman–Crippen LogP) is 1.71. The lowest BCUT2D eigenvalue weighted by Gasteiger charge is -2.24. The molecule has 27 heavy (non-hydrogen) atoms. The maximum Gasteiger partial charge on any atom is 0.206 e. The average molecular weight is 366 g/mol. The normalized spacial score (nSPS) is 18.7. The molecule has 0 radical (unpaired) electrons. The molecule has 2 aromatic carbocycles. The topological polar surface area (TPSA) is 64.8 Å². The summed E-state index contributed by atoms with van der Waals surface area (Å²) in [4.78, 5) is 9.22. The van der Waals surface area contributed by atoms with Gasteiger partial charge in [0.2, 0.25) is 5.95 Å². The Hall–Kier alpha value is -2.41. The van der Waals surface area contributed by atoms with Crippen molar-refractivity contribution in [2.75, 3.05) is 37.7 Å². The molecule has 2 heterocycles. The molecule has 3 aromatic rings. The Bertz CT molecular complexity index is 880. The molecule has 0 bridgehead atoms. The van der Waals surface area contributed by atoms with Gasteiger partial charge in [-0.2, -0.15) is 0 Å². The number of benzene rings is 2. The fourth-order valence-corrected chi connectivity index (χ4v) is 3.85. The van der Waals surface area contributed by atoms with E-state index in [-0.39, 0.29) is 6.61 Å². The number of hydrogen-bond acceptors (Lipinski definition) is 5. The van der Waals surface area contributed by atoms with Crippen LogP contribution in [0.25, 0.3) is 11.0 Å². The number of aliphatic hydroxyl groups is 2. The molecule has 1 aromatic heterocycles. The molecule has 1 fully saturated rings. The lowest BCUT2D eigenvalue weighted by molar-refractivity contribution is 0.129. The van der Waals surface area contributed by atoms with E-state index >= 15 is 0 Å². The van der Waals surface area contributed by atoms with Crippen LogP contribution >= 0.6 is 0 Å². The van der Waals surface area contributed by atoms with Crippen molar-refractivity contribution in [1.29, 1.82) is 0 Å². The molecule has 1 atom stereocenters. The minimum absolute atomic E-state index is 0.0594. The fourth-order valence-electron chi connectivity index (χ4n) is 3.85. The lowest BCUT2D eigenvalue weighted by atomic mass is 10.2. The number of fused-ring (bicyclic) bond motifs is 1. The van der Waals surface area contributed by atoms with E-state index in [0.717, 1.165) is 36.6 Å². The monoisotopic (exact) mass is 366 g/mol. The van der Waals surface area contributed by atoms with Gasteiger partial charge in [-0.1, -0.05) is 42.5 Å². The van der Waals surface area contributed by atoms with Crippen LogP contribution in [0.3, 0.4) is 0 Å². The molecule has 4 rings (SSSR count). The lowest BCUT2D eigenvalue weighted by Crippen LogP contribution is -2.35. The van der Waals surface area contributed by atoms with Gasteiger partial charge in [-0.3, -0.25) is 4.90 Å². The maximum absolute atomic E-state index is 10.6. The number of para-hydroxylation sites is 2. The minimum Gasteiger partial charge on any atom is -0.395 e. The van der Waals surface area contributed by atoms with Gasteiger partial charge in [-0.15, -0.1) is 0 Å². The molecule has 6 nitrogen and oxygen atoms in total. The third-order valence-electron chi connectivity index (χ3n) is 5.08. The van der Waals surface area contributed by atoms with Crippen molar-refractivity contribution in [2.45, 2.75) is 19.2 Å². The van der Waals surface area contributed by atoms with Crippen molar-refractivity contribution in [3.8, 4) is 0 Å². The second kappa shape index (κ2) is 8.08. The summed E-state index contributed by atoms with van der Waals surface area (Å²) in [6.45, 7) is 4.22. The van der Waals surface area contributed by atoms with Crippen molar-refractivity contribution in [3.05, 3.63) is 60.2 Å². The van der Waals surface area contributed by atoms with Gasteiger partial charge in [0.25, 0.3) is 0 Å². The molecule has 1 aliphatic heterocycles. The summed E-state index contributed by atoms with van der Waals surface area (Å²) in [5.41, 5.74) is 3.19. The van der Waals surface area contributed by atoms with Crippen LogP contribution in [0.15, 0.2) is 54.6 Å². The maximum atomic E-state index is 10.6. The molecular formula is C21H26N4O2. The minimum atomic E-state index is -0.446. The van der Waals surface area contributed by atoms with Crippen LogP contribution in [-0.4, -0.2) is 63.6 Å². The van der Waals surface area contributed by atoms with Gasteiger partial charge < -0.3 is 19.7 Å². The molecule has 0 unspecified atom stereocenters. The van der Waals surface area contributed by atoms with Gasteiger partial charge in [-0.05, 0) is 17.7 Å². The van der Waals surface area contributed by atoms with Gasteiger partial charge in [0, 0.05) is 39.3 Å². The van der Waals surface area contributed by atoms with Gasteiger partial charge in [-0.25, -0.2) is 4.98 Å². The first-order valence-electron chi connectivity index (χ1n) is 9.50. The summed E-state index contributed by atoms with van der Waals surface area (Å²) in [5.74, 6) is 0.825. The van der Waals surface area contributed by atoms with E-state index in [0.29, 0.717) is 19.6 Å². The Morgan fingerprint density at radius 3 is 2.56 bits per heavy atom. The largest absolute Gasteiger partial charge is 0.395 e. The smallest absolute Gasteiger partial charge is 0.206 e. The summed E-state index contributed by atoms with van der Waals surface area (Å²) in [5, 5.41) is 20.1. The number of anilines is 1. The van der Waals surface area contributed by atoms with E-state index in [9.17, 15) is 10.2 Å². The molecule has 0 aliphatic carbocycles. The van der Waals surface area contributed by atoms with Crippen molar-refractivity contribution >= 4 is 17.0 Å². The third kappa shape index (κ3) is 3.98. The first-order chi connectivity index (χ1) is 13.2. The van der Waals surface area contributed by atoms with Gasteiger partial charge in [0.1, 0.15) is 0 Å². The van der Waals surface area contributed by atoms with Crippen LogP contribution in [0.2, 0.25) is 0 Å². The standard InChI is InChI=1S/C21H26N4O2/c26-13-12-25-20-9-5-4-8-19(20)22-21(25)24-11-10-23(15-18(27)16-24)14-17-6-2-1-3-7-17/h1-9,18,26-27H,10-16H2/t18-/m0/s1. The number of aromatic nitrogens is 2. The molecule has 6 heteroatoms. The molecule has 1 saturated heterocycles. The van der Waals surface area contributed by atoms with Crippen molar-refractivity contribution < 1.29 is 10.2 Å². The zero-order chi connectivity index (χ0) is 18.6. The van der Waals surface area contributed by atoms with E-state index in [1.54, 1.807) is 0 Å². The van der Waals surface area contributed by atoms with Crippen LogP contribution in [0.4, 0.5) is 5.95 Å². The zero-order valence-corrected chi connectivity index (χ0v) is 15.4. The van der Waals surface area contributed by atoms with Gasteiger partial charge in [0.15, 0.2) is 0 Å².